The highest BCUT2D eigenvalue weighted by atomic mass is 35.5. The van der Waals surface area contributed by atoms with E-state index in [4.69, 9.17) is 15.2 Å². The molecule has 0 radical (unpaired) electrons. The average molecular weight is 360 g/mol. The van der Waals surface area contributed by atoms with Gasteiger partial charge in [0.15, 0.2) is 0 Å². The number of carbonyl (C=O) groups excluding carboxylic acids is 2. The molecule has 1 aromatic rings. The molecule has 24 heavy (non-hydrogen) atoms. The van der Waals surface area contributed by atoms with E-state index in [1.807, 2.05) is 20.8 Å². The van der Waals surface area contributed by atoms with Crippen molar-refractivity contribution in [2.45, 2.75) is 26.8 Å². The van der Waals surface area contributed by atoms with Crippen molar-refractivity contribution in [3.05, 3.63) is 18.2 Å². The minimum atomic E-state index is -0.688. The molecule has 7 nitrogen and oxygen atoms in total. The van der Waals surface area contributed by atoms with Gasteiger partial charge in [-0.2, -0.15) is 0 Å². The Labute approximate surface area is 148 Å². The van der Waals surface area contributed by atoms with Crippen LogP contribution in [0.15, 0.2) is 18.2 Å². The summed E-state index contributed by atoms with van der Waals surface area (Å²) < 4.78 is 10.3. The van der Waals surface area contributed by atoms with E-state index < -0.39 is 6.04 Å². The third-order valence-electron chi connectivity index (χ3n) is 3.27. The predicted molar refractivity (Wildman–Crippen MR) is 95.9 cm³/mol. The molecule has 0 unspecified atom stereocenters. The Hall–Kier alpha value is -1.99. The molecule has 0 heterocycles. The molecule has 0 aliphatic carbocycles. The van der Waals surface area contributed by atoms with Gasteiger partial charge in [-0.1, -0.05) is 20.8 Å². The lowest BCUT2D eigenvalue weighted by Gasteiger charge is -2.25. The maximum atomic E-state index is 11.9. The maximum absolute atomic E-state index is 11.9. The summed E-state index contributed by atoms with van der Waals surface area (Å²) >= 11 is 0. The summed E-state index contributed by atoms with van der Waals surface area (Å²) in [4.78, 5) is 23.8. The fraction of sp³-hybridized carbons (Fsp3) is 0.500. The second kappa shape index (κ2) is 9.34. The van der Waals surface area contributed by atoms with Gasteiger partial charge in [0.25, 0.3) is 0 Å². The van der Waals surface area contributed by atoms with Crippen LogP contribution in [0.5, 0.6) is 11.5 Å². The molecule has 1 aromatic carbocycles. The molecule has 0 spiro atoms. The molecule has 0 aliphatic rings. The smallest absolute Gasteiger partial charge is 0.243 e. The number of hydrogen-bond donors (Lipinski definition) is 3. The minimum Gasteiger partial charge on any atom is -0.497 e. The highest BCUT2D eigenvalue weighted by molar-refractivity contribution is 5.95. The first kappa shape index (κ1) is 22.0. The van der Waals surface area contributed by atoms with Gasteiger partial charge >= 0.3 is 0 Å². The van der Waals surface area contributed by atoms with E-state index >= 15 is 0 Å². The lowest BCUT2D eigenvalue weighted by atomic mass is 9.87. The van der Waals surface area contributed by atoms with Crippen LogP contribution in [0, 0.1) is 5.41 Å². The zero-order valence-electron chi connectivity index (χ0n) is 14.6. The van der Waals surface area contributed by atoms with Gasteiger partial charge < -0.3 is 25.8 Å². The quantitative estimate of drug-likeness (QED) is 0.715. The van der Waals surface area contributed by atoms with E-state index in [1.54, 1.807) is 18.2 Å². The van der Waals surface area contributed by atoms with E-state index in [9.17, 15) is 9.59 Å². The highest BCUT2D eigenvalue weighted by Crippen LogP contribution is 2.25. The van der Waals surface area contributed by atoms with Crippen LogP contribution in [0.25, 0.3) is 0 Å². The van der Waals surface area contributed by atoms with Crippen molar-refractivity contribution < 1.29 is 19.1 Å². The molecule has 4 N–H and O–H groups in total. The first-order valence-electron chi connectivity index (χ1n) is 7.23. The molecule has 0 saturated heterocycles. The molecule has 0 saturated carbocycles. The average Bonchev–Trinajstić information content (AvgIpc) is 2.50. The Balaban J connectivity index is 0.00000529. The highest BCUT2D eigenvalue weighted by Gasteiger charge is 2.27. The Bertz CT molecular complexity index is 551. The molecule has 2 amide bonds. The standard InChI is InChI=1S/C16H25N3O4.ClH/c1-16(2,3)14(17)15(21)18-9-13(20)19-10-6-11(22-4)8-12(7-10)23-5;/h6-8,14H,9,17H2,1-5H3,(H,18,21)(H,19,20);1H/t14-;/m1./s1. The molecular weight excluding hydrogens is 334 g/mol. The molecular formula is C16H26ClN3O4. The van der Waals surface area contributed by atoms with Crippen molar-refractivity contribution in [1.29, 1.82) is 0 Å². The fourth-order valence-electron chi connectivity index (χ4n) is 1.76. The van der Waals surface area contributed by atoms with Crippen molar-refractivity contribution in [3.63, 3.8) is 0 Å². The molecule has 0 fully saturated rings. The SMILES string of the molecule is COc1cc(NC(=O)CNC(=O)[C@@H](N)C(C)(C)C)cc(OC)c1.Cl. The number of rotatable bonds is 6. The number of halogens is 1. The number of ether oxygens (including phenoxy) is 2. The van der Waals surface area contributed by atoms with E-state index in [0.29, 0.717) is 17.2 Å². The number of carbonyl (C=O) groups is 2. The zero-order chi connectivity index (χ0) is 17.6. The van der Waals surface area contributed by atoms with Crippen molar-refractivity contribution >= 4 is 29.9 Å². The van der Waals surface area contributed by atoms with Gasteiger partial charge in [-0.05, 0) is 5.41 Å². The van der Waals surface area contributed by atoms with Crippen LogP contribution < -0.4 is 25.8 Å². The van der Waals surface area contributed by atoms with Crippen molar-refractivity contribution in [1.82, 2.24) is 5.32 Å². The summed E-state index contributed by atoms with van der Waals surface area (Å²) in [6.07, 6.45) is 0. The van der Waals surface area contributed by atoms with E-state index in [1.165, 1.54) is 14.2 Å². The van der Waals surface area contributed by atoms with Gasteiger partial charge in [0, 0.05) is 23.9 Å². The number of amides is 2. The van der Waals surface area contributed by atoms with Gasteiger partial charge in [-0.3, -0.25) is 9.59 Å². The van der Waals surface area contributed by atoms with E-state index in [2.05, 4.69) is 10.6 Å². The summed E-state index contributed by atoms with van der Waals surface area (Å²) in [5.74, 6) is 0.377. The molecule has 1 rings (SSSR count). The molecule has 136 valence electrons. The molecule has 1 atom stereocenters. The van der Waals surface area contributed by atoms with E-state index in [-0.39, 0.29) is 36.2 Å². The zero-order valence-corrected chi connectivity index (χ0v) is 15.5. The number of benzene rings is 1. The number of nitrogens with one attached hydrogen (secondary N) is 2. The predicted octanol–water partition coefficient (Wildman–Crippen LogP) is 1.55. The first-order valence-corrected chi connectivity index (χ1v) is 7.23. The second-order valence-corrected chi connectivity index (χ2v) is 6.21. The normalized spacial score (nSPS) is 11.8. The van der Waals surface area contributed by atoms with Gasteiger partial charge in [0.2, 0.25) is 11.8 Å². The summed E-state index contributed by atoms with van der Waals surface area (Å²) in [5, 5.41) is 5.20. The van der Waals surface area contributed by atoms with Gasteiger partial charge in [0.1, 0.15) is 11.5 Å². The Morgan fingerprint density at radius 2 is 1.62 bits per heavy atom. The minimum absolute atomic E-state index is 0. The number of methoxy groups -OCH3 is 2. The summed E-state index contributed by atoms with van der Waals surface area (Å²) in [6.45, 7) is 5.42. The fourth-order valence-corrected chi connectivity index (χ4v) is 1.76. The van der Waals surface area contributed by atoms with Gasteiger partial charge in [0.05, 0.1) is 26.8 Å². The number of nitrogens with two attached hydrogens (primary N) is 1. The topological polar surface area (TPSA) is 103 Å². The van der Waals surface area contributed by atoms with E-state index in [0.717, 1.165) is 0 Å². The van der Waals surface area contributed by atoms with Crippen LogP contribution >= 0.6 is 12.4 Å². The summed E-state index contributed by atoms with van der Waals surface area (Å²) in [7, 11) is 3.04. The molecule has 0 aromatic heterocycles. The first-order chi connectivity index (χ1) is 10.7. The largest absolute Gasteiger partial charge is 0.497 e. The van der Waals surface area contributed by atoms with Crippen molar-refractivity contribution in [2.75, 3.05) is 26.1 Å². The lowest BCUT2D eigenvalue weighted by molar-refractivity contribution is -0.126. The Kier molecular flexibility index (Phi) is 8.57. The third kappa shape index (κ3) is 6.64. The number of hydrogen-bond acceptors (Lipinski definition) is 5. The van der Waals surface area contributed by atoms with Crippen LogP contribution in [-0.2, 0) is 9.59 Å². The molecule has 0 bridgehead atoms. The second-order valence-electron chi connectivity index (χ2n) is 6.21. The lowest BCUT2D eigenvalue weighted by Crippen LogP contribution is -2.50. The van der Waals surface area contributed by atoms with Gasteiger partial charge in [-0.25, -0.2) is 0 Å². The van der Waals surface area contributed by atoms with Gasteiger partial charge in [-0.15, -0.1) is 12.4 Å². The monoisotopic (exact) mass is 359 g/mol. The molecule has 0 aliphatic heterocycles. The number of anilines is 1. The van der Waals surface area contributed by atoms with Crippen LogP contribution in [0.3, 0.4) is 0 Å². The Morgan fingerprint density at radius 3 is 2.04 bits per heavy atom. The van der Waals surface area contributed by atoms with Crippen molar-refractivity contribution in [2.24, 2.45) is 11.1 Å². The van der Waals surface area contributed by atoms with Crippen molar-refractivity contribution in [3.8, 4) is 11.5 Å². The van der Waals surface area contributed by atoms with Crippen LogP contribution in [-0.4, -0.2) is 38.6 Å². The Morgan fingerprint density at radius 1 is 1.12 bits per heavy atom. The molecule has 8 heteroatoms. The van der Waals surface area contributed by atoms with Crippen LogP contribution in [0.4, 0.5) is 5.69 Å². The summed E-state index contributed by atoms with van der Waals surface area (Å²) in [6, 6.07) is 4.32. The van der Waals surface area contributed by atoms with Crippen LogP contribution in [0.1, 0.15) is 20.8 Å². The third-order valence-corrected chi connectivity index (χ3v) is 3.27. The van der Waals surface area contributed by atoms with Crippen LogP contribution in [0.2, 0.25) is 0 Å². The maximum Gasteiger partial charge on any atom is 0.243 e. The summed E-state index contributed by atoms with van der Waals surface area (Å²) in [5.41, 5.74) is 5.97.